The summed E-state index contributed by atoms with van der Waals surface area (Å²) in [5, 5.41) is 6.69. The van der Waals surface area contributed by atoms with E-state index in [2.05, 4.69) is 15.8 Å². The number of rotatable bonds is 13. The van der Waals surface area contributed by atoms with Gasteiger partial charge in [-0.2, -0.15) is 5.10 Å². The molecule has 4 rings (SSSR count). The first kappa shape index (κ1) is 30.6. The van der Waals surface area contributed by atoms with Crippen LogP contribution in [0.5, 0.6) is 17.2 Å². The van der Waals surface area contributed by atoms with Gasteiger partial charge >= 0.3 is 0 Å². The van der Waals surface area contributed by atoms with Gasteiger partial charge < -0.3 is 19.5 Å². The lowest BCUT2D eigenvalue weighted by atomic mass is 10.2. The highest BCUT2D eigenvalue weighted by atomic mass is 32.2. The smallest absolute Gasteiger partial charge is 0.264 e. The molecular weight excluding hydrogens is 572 g/mol. The van der Waals surface area contributed by atoms with Crippen LogP contribution < -0.4 is 29.3 Å². The van der Waals surface area contributed by atoms with Gasteiger partial charge in [-0.1, -0.05) is 24.3 Å². The molecule has 0 heterocycles. The second-order valence-electron chi connectivity index (χ2n) is 8.95. The molecule has 0 atom stereocenters. The van der Waals surface area contributed by atoms with Gasteiger partial charge in [-0.15, -0.1) is 0 Å². The molecule has 4 aromatic rings. The minimum Gasteiger partial charge on any atom is -0.497 e. The van der Waals surface area contributed by atoms with Crippen molar-refractivity contribution in [2.45, 2.75) is 4.90 Å². The summed E-state index contributed by atoms with van der Waals surface area (Å²) in [5.74, 6) is 0.612. The van der Waals surface area contributed by atoms with E-state index in [0.29, 0.717) is 28.5 Å². The lowest BCUT2D eigenvalue weighted by molar-refractivity contribution is -0.119. The van der Waals surface area contributed by atoms with Gasteiger partial charge in [0.05, 0.1) is 31.0 Å². The Morgan fingerprint density at radius 2 is 1.47 bits per heavy atom. The Labute approximate surface area is 249 Å². The number of nitrogens with one attached hydrogen (secondary N) is 2. The van der Waals surface area contributed by atoms with Crippen LogP contribution in [0.4, 0.5) is 11.4 Å². The number of hydrogen-bond acceptors (Lipinski definition) is 8. The molecule has 43 heavy (non-hydrogen) atoms. The summed E-state index contributed by atoms with van der Waals surface area (Å²) < 4.78 is 43.7. The Morgan fingerprint density at radius 1 is 0.791 bits per heavy atom. The number of carbonyl (C=O) groups excluding carboxylic acids is 2. The molecule has 0 aliphatic heterocycles. The summed E-state index contributed by atoms with van der Waals surface area (Å²) in [6, 6.07) is 27.9. The molecule has 2 N–H and O–H groups in total. The van der Waals surface area contributed by atoms with E-state index < -0.39 is 22.5 Å². The number of carbonyl (C=O) groups is 2. The van der Waals surface area contributed by atoms with E-state index in [-0.39, 0.29) is 23.1 Å². The second kappa shape index (κ2) is 14.5. The summed E-state index contributed by atoms with van der Waals surface area (Å²) in [6.07, 6.45) is 1.40. The Hall–Kier alpha value is -5.36. The van der Waals surface area contributed by atoms with Crippen molar-refractivity contribution in [3.8, 4) is 17.2 Å². The lowest BCUT2D eigenvalue weighted by Gasteiger charge is -2.24. The fourth-order valence-electron chi connectivity index (χ4n) is 3.82. The predicted molar refractivity (Wildman–Crippen MR) is 163 cm³/mol. The number of sulfonamides is 1. The van der Waals surface area contributed by atoms with Crippen LogP contribution in [0.25, 0.3) is 0 Å². The largest absolute Gasteiger partial charge is 0.497 e. The molecule has 222 valence electrons. The zero-order chi connectivity index (χ0) is 30.7. The molecule has 0 aliphatic carbocycles. The van der Waals surface area contributed by atoms with Gasteiger partial charge in [0, 0.05) is 11.8 Å². The van der Waals surface area contributed by atoms with Crippen molar-refractivity contribution >= 4 is 39.4 Å². The summed E-state index contributed by atoms with van der Waals surface area (Å²) in [7, 11) is -1.04. The molecule has 0 fully saturated rings. The van der Waals surface area contributed by atoms with Crippen molar-refractivity contribution in [2.24, 2.45) is 5.10 Å². The number of nitrogens with zero attached hydrogens (tertiary/aromatic N) is 2. The van der Waals surface area contributed by atoms with Gasteiger partial charge in [0.15, 0.2) is 6.61 Å². The number of benzene rings is 4. The fourth-order valence-corrected chi connectivity index (χ4v) is 5.25. The van der Waals surface area contributed by atoms with E-state index in [4.69, 9.17) is 14.2 Å². The van der Waals surface area contributed by atoms with Gasteiger partial charge in [-0.05, 0) is 78.4 Å². The van der Waals surface area contributed by atoms with Crippen molar-refractivity contribution in [2.75, 3.05) is 37.0 Å². The van der Waals surface area contributed by atoms with Crippen LogP contribution in [0, 0.1) is 0 Å². The number of amides is 2. The molecule has 4 aromatic carbocycles. The standard InChI is InChI=1S/C31H30N4O7S/c1-40-26-17-13-24(14-18-26)33-31(37)22-42-27-15-11-23(12-16-27)20-32-34-30(36)21-35(25-7-6-8-28(19-25)41-2)43(38,39)29-9-4-3-5-10-29/h3-20H,21-22H2,1-2H3,(H,33,37)(H,34,36)/b32-20-. The molecule has 0 saturated heterocycles. The molecule has 0 saturated carbocycles. The average Bonchev–Trinajstić information content (AvgIpc) is 3.04. The van der Waals surface area contributed by atoms with Crippen molar-refractivity contribution in [3.05, 3.63) is 109 Å². The molecule has 0 radical (unpaired) electrons. The van der Waals surface area contributed by atoms with E-state index in [1.54, 1.807) is 92.0 Å². The van der Waals surface area contributed by atoms with Crippen molar-refractivity contribution in [1.82, 2.24) is 5.43 Å². The third kappa shape index (κ3) is 8.57. The topological polar surface area (TPSA) is 136 Å². The Morgan fingerprint density at radius 3 is 2.14 bits per heavy atom. The predicted octanol–water partition coefficient (Wildman–Crippen LogP) is 4.07. The maximum Gasteiger partial charge on any atom is 0.264 e. The number of ether oxygens (including phenoxy) is 3. The number of hydrazone groups is 1. The molecule has 0 aliphatic rings. The van der Waals surface area contributed by atoms with Crippen LogP contribution in [-0.4, -0.2) is 53.8 Å². The van der Waals surface area contributed by atoms with E-state index >= 15 is 0 Å². The van der Waals surface area contributed by atoms with Gasteiger partial charge in [0.1, 0.15) is 23.8 Å². The highest BCUT2D eigenvalue weighted by Crippen LogP contribution is 2.26. The summed E-state index contributed by atoms with van der Waals surface area (Å²) in [4.78, 5) is 25.0. The van der Waals surface area contributed by atoms with E-state index in [1.807, 2.05) is 0 Å². The molecule has 0 spiro atoms. The Bertz CT molecular complexity index is 1660. The highest BCUT2D eigenvalue weighted by molar-refractivity contribution is 7.92. The summed E-state index contributed by atoms with van der Waals surface area (Å²) >= 11 is 0. The van der Waals surface area contributed by atoms with Crippen LogP contribution in [0.3, 0.4) is 0 Å². The SMILES string of the molecule is COc1ccc(NC(=O)COc2ccc(/C=N\NC(=O)CN(c3cccc(OC)c3)S(=O)(=O)c3ccccc3)cc2)cc1. The minimum absolute atomic E-state index is 0.0367. The summed E-state index contributed by atoms with van der Waals surface area (Å²) in [5.41, 5.74) is 3.88. The number of anilines is 2. The molecular formula is C31H30N4O7S. The van der Waals surface area contributed by atoms with Crippen LogP contribution in [0.2, 0.25) is 0 Å². The van der Waals surface area contributed by atoms with Crippen LogP contribution in [0.1, 0.15) is 5.56 Å². The number of methoxy groups -OCH3 is 2. The molecule has 0 aromatic heterocycles. The monoisotopic (exact) mass is 602 g/mol. The Kier molecular flexibility index (Phi) is 10.3. The van der Waals surface area contributed by atoms with Crippen LogP contribution in [0.15, 0.2) is 113 Å². The first-order valence-electron chi connectivity index (χ1n) is 13.0. The van der Waals surface area contributed by atoms with Gasteiger partial charge in [-0.25, -0.2) is 13.8 Å². The van der Waals surface area contributed by atoms with Crippen molar-refractivity contribution in [1.29, 1.82) is 0 Å². The van der Waals surface area contributed by atoms with E-state index in [9.17, 15) is 18.0 Å². The van der Waals surface area contributed by atoms with Gasteiger partial charge in [-0.3, -0.25) is 13.9 Å². The van der Waals surface area contributed by atoms with Crippen LogP contribution in [-0.2, 0) is 19.6 Å². The average molecular weight is 603 g/mol. The van der Waals surface area contributed by atoms with E-state index in [1.165, 1.54) is 31.5 Å². The summed E-state index contributed by atoms with van der Waals surface area (Å²) in [6.45, 7) is -0.710. The zero-order valence-corrected chi connectivity index (χ0v) is 24.3. The molecule has 11 nitrogen and oxygen atoms in total. The third-order valence-electron chi connectivity index (χ3n) is 5.99. The molecule has 12 heteroatoms. The fraction of sp³-hybridized carbons (Fsp3) is 0.129. The second-order valence-corrected chi connectivity index (χ2v) is 10.8. The first-order chi connectivity index (χ1) is 20.8. The third-order valence-corrected chi connectivity index (χ3v) is 7.77. The molecule has 0 bridgehead atoms. The highest BCUT2D eigenvalue weighted by Gasteiger charge is 2.27. The lowest BCUT2D eigenvalue weighted by Crippen LogP contribution is -2.39. The quantitative estimate of drug-likeness (QED) is 0.174. The maximum absolute atomic E-state index is 13.4. The minimum atomic E-state index is -4.07. The maximum atomic E-state index is 13.4. The van der Waals surface area contributed by atoms with Crippen molar-refractivity contribution < 1.29 is 32.2 Å². The van der Waals surface area contributed by atoms with Crippen molar-refractivity contribution in [3.63, 3.8) is 0 Å². The van der Waals surface area contributed by atoms with E-state index in [0.717, 1.165) is 4.31 Å². The van der Waals surface area contributed by atoms with Gasteiger partial charge in [0.2, 0.25) is 0 Å². The van der Waals surface area contributed by atoms with Gasteiger partial charge in [0.25, 0.3) is 21.8 Å². The number of hydrogen-bond donors (Lipinski definition) is 2. The zero-order valence-electron chi connectivity index (χ0n) is 23.5. The molecule has 0 unspecified atom stereocenters. The molecule has 2 amide bonds. The Balaban J connectivity index is 1.34. The first-order valence-corrected chi connectivity index (χ1v) is 14.4. The normalized spacial score (nSPS) is 11.0. The van der Waals surface area contributed by atoms with Crippen LogP contribution >= 0.6 is 0 Å².